The van der Waals surface area contributed by atoms with Gasteiger partial charge in [-0.25, -0.2) is 0 Å². The standard InChI is InChI=1S/C24H27N5O2S/c30-22(25-19-8-12-21(13-9-19)31-16-18-6-2-1-3-7-18)17-32-24-27-26-23(28-14-4-5-15-28)29(24)20-10-11-20/h1-3,6-9,12-13,20H,4-5,10-11,14-17H2,(H,25,30). The van der Waals surface area contributed by atoms with Crippen molar-refractivity contribution in [3.05, 3.63) is 60.2 Å². The Morgan fingerprint density at radius 1 is 1.03 bits per heavy atom. The molecule has 1 saturated carbocycles. The van der Waals surface area contributed by atoms with Crippen LogP contribution in [0, 0.1) is 0 Å². The molecule has 0 radical (unpaired) electrons. The van der Waals surface area contributed by atoms with E-state index in [1.165, 1.54) is 24.6 Å². The molecule has 1 saturated heterocycles. The van der Waals surface area contributed by atoms with Crippen LogP contribution in [0.2, 0.25) is 0 Å². The molecule has 166 valence electrons. The topological polar surface area (TPSA) is 72.3 Å². The minimum absolute atomic E-state index is 0.0546. The van der Waals surface area contributed by atoms with Gasteiger partial charge in [0.2, 0.25) is 11.9 Å². The molecule has 0 unspecified atom stereocenters. The zero-order valence-corrected chi connectivity index (χ0v) is 18.8. The Bertz CT molecular complexity index is 1040. The highest BCUT2D eigenvalue weighted by Crippen LogP contribution is 2.41. The Morgan fingerprint density at radius 3 is 2.50 bits per heavy atom. The summed E-state index contributed by atoms with van der Waals surface area (Å²) in [5.41, 5.74) is 1.87. The predicted octanol–water partition coefficient (Wildman–Crippen LogP) is 4.52. The maximum atomic E-state index is 12.5. The van der Waals surface area contributed by atoms with E-state index in [-0.39, 0.29) is 5.91 Å². The third-order valence-corrected chi connectivity index (χ3v) is 6.61. The second-order valence-corrected chi connectivity index (χ2v) is 9.16. The predicted molar refractivity (Wildman–Crippen MR) is 126 cm³/mol. The molecular formula is C24H27N5O2S. The van der Waals surface area contributed by atoms with E-state index in [1.807, 2.05) is 54.6 Å². The summed E-state index contributed by atoms with van der Waals surface area (Å²) >= 11 is 1.46. The number of thioether (sulfide) groups is 1. The van der Waals surface area contributed by atoms with Crippen molar-refractivity contribution in [3.63, 3.8) is 0 Å². The van der Waals surface area contributed by atoms with Gasteiger partial charge >= 0.3 is 0 Å². The van der Waals surface area contributed by atoms with Crippen molar-refractivity contribution in [2.45, 2.75) is 43.5 Å². The van der Waals surface area contributed by atoms with E-state index in [4.69, 9.17) is 4.74 Å². The lowest BCUT2D eigenvalue weighted by Crippen LogP contribution is -2.22. The second-order valence-electron chi connectivity index (χ2n) is 8.21. The molecule has 1 aliphatic carbocycles. The van der Waals surface area contributed by atoms with Gasteiger partial charge in [-0.05, 0) is 55.5 Å². The highest BCUT2D eigenvalue weighted by molar-refractivity contribution is 7.99. The van der Waals surface area contributed by atoms with Gasteiger partial charge in [0.05, 0.1) is 5.75 Å². The van der Waals surface area contributed by atoms with Gasteiger partial charge in [-0.1, -0.05) is 42.1 Å². The molecule has 7 nitrogen and oxygen atoms in total. The van der Waals surface area contributed by atoms with E-state index in [1.54, 1.807) is 0 Å². The lowest BCUT2D eigenvalue weighted by Gasteiger charge is -2.17. The van der Waals surface area contributed by atoms with Crippen molar-refractivity contribution < 1.29 is 9.53 Å². The summed E-state index contributed by atoms with van der Waals surface area (Å²) in [6.45, 7) is 2.60. The molecule has 0 bridgehead atoms. The first-order valence-corrected chi connectivity index (χ1v) is 12.1. The van der Waals surface area contributed by atoms with Crippen molar-refractivity contribution in [3.8, 4) is 5.75 Å². The average molecular weight is 450 g/mol. The fourth-order valence-corrected chi connectivity index (χ4v) is 4.66. The van der Waals surface area contributed by atoms with Crippen LogP contribution in [0.5, 0.6) is 5.75 Å². The average Bonchev–Trinajstić information content (AvgIpc) is 3.34. The zero-order chi connectivity index (χ0) is 21.8. The molecule has 3 aromatic rings. The van der Waals surface area contributed by atoms with Gasteiger partial charge in [0, 0.05) is 24.8 Å². The summed E-state index contributed by atoms with van der Waals surface area (Å²) in [5, 5.41) is 12.6. The summed E-state index contributed by atoms with van der Waals surface area (Å²) in [7, 11) is 0. The van der Waals surface area contributed by atoms with Crippen molar-refractivity contribution in [2.24, 2.45) is 0 Å². The number of hydrogen-bond acceptors (Lipinski definition) is 6. The zero-order valence-electron chi connectivity index (χ0n) is 17.9. The number of anilines is 2. The van der Waals surface area contributed by atoms with Gasteiger partial charge in [0.1, 0.15) is 12.4 Å². The van der Waals surface area contributed by atoms with E-state index in [2.05, 4.69) is 25.0 Å². The lowest BCUT2D eigenvalue weighted by molar-refractivity contribution is -0.113. The first-order chi connectivity index (χ1) is 15.8. The lowest BCUT2D eigenvalue weighted by atomic mass is 10.2. The Kier molecular flexibility index (Phi) is 6.29. The number of carbonyl (C=O) groups is 1. The number of amides is 1. The number of rotatable bonds is 9. The largest absolute Gasteiger partial charge is 0.489 e. The number of carbonyl (C=O) groups excluding carboxylic acids is 1. The molecule has 8 heteroatoms. The fourth-order valence-electron chi connectivity index (χ4n) is 3.86. The molecule has 2 aliphatic rings. The van der Waals surface area contributed by atoms with Gasteiger partial charge in [-0.3, -0.25) is 9.36 Å². The quantitative estimate of drug-likeness (QED) is 0.484. The summed E-state index contributed by atoms with van der Waals surface area (Å²) in [5.74, 6) is 1.99. The molecule has 1 aliphatic heterocycles. The number of ether oxygens (including phenoxy) is 1. The van der Waals surface area contributed by atoms with E-state index in [0.29, 0.717) is 18.4 Å². The minimum atomic E-state index is -0.0546. The van der Waals surface area contributed by atoms with Crippen molar-refractivity contribution in [1.29, 1.82) is 0 Å². The van der Waals surface area contributed by atoms with Crippen LogP contribution < -0.4 is 15.0 Å². The first kappa shape index (κ1) is 20.9. The van der Waals surface area contributed by atoms with Crippen LogP contribution in [0.25, 0.3) is 0 Å². The fraction of sp³-hybridized carbons (Fsp3) is 0.375. The van der Waals surface area contributed by atoms with Crippen LogP contribution in [0.3, 0.4) is 0 Å². The molecule has 0 atom stereocenters. The smallest absolute Gasteiger partial charge is 0.234 e. The van der Waals surface area contributed by atoms with Crippen LogP contribution in [-0.2, 0) is 11.4 Å². The van der Waals surface area contributed by atoms with Crippen molar-refractivity contribution in [2.75, 3.05) is 29.1 Å². The van der Waals surface area contributed by atoms with E-state index in [9.17, 15) is 4.79 Å². The second kappa shape index (κ2) is 9.65. The summed E-state index contributed by atoms with van der Waals surface area (Å²) in [4.78, 5) is 14.8. The SMILES string of the molecule is O=C(CSc1nnc(N2CCCC2)n1C1CC1)Nc1ccc(OCc2ccccc2)cc1. The maximum Gasteiger partial charge on any atom is 0.234 e. The molecule has 0 spiro atoms. The molecular weight excluding hydrogens is 422 g/mol. The molecule has 32 heavy (non-hydrogen) atoms. The first-order valence-electron chi connectivity index (χ1n) is 11.2. The third kappa shape index (κ3) is 5.07. The summed E-state index contributed by atoms with van der Waals surface area (Å²) < 4.78 is 8.04. The summed E-state index contributed by atoms with van der Waals surface area (Å²) in [6, 6.07) is 18.0. The number of aromatic nitrogens is 3. The highest BCUT2D eigenvalue weighted by atomic mass is 32.2. The number of hydrogen-bond donors (Lipinski definition) is 1. The third-order valence-electron chi connectivity index (χ3n) is 5.67. The number of benzene rings is 2. The molecule has 2 aromatic carbocycles. The van der Waals surface area contributed by atoms with Crippen LogP contribution in [0.1, 0.15) is 37.3 Å². The van der Waals surface area contributed by atoms with Crippen LogP contribution in [0.15, 0.2) is 59.8 Å². The van der Waals surface area contributed by atoms with Crippen LogP contribution in [0.4, 0.5) is 11.6 Å². The normalized spacial score (nSPS) is 15.7. The van der Waals surface area contributed by atoms with E-state index >= 15 is 0 Å². The van der Waals surface area contributed by atoms with E-state index in [0.717, 1.165) is 54.0 Å². The van der Waals surface area contributed by atoms with Gasteiger partial charge in [-0.2, -0.15) is 0 Å². The van der Waals surface area contributed by atoms with Crippen LogP contribution >= 0.6 is 11.8 Å². The minimum Gasteiger partial charge on any atom is -0.489 e. The van der Waals surface area contributed by atoms with Gasteiger partial charge in [0.25, 0.3) is 0 Å². The molecule has 5 rings (SSSR count). The molecule has 1 N–H and O–H groups in total. The van der Waals surface area contributed by atoms with Crippen LogP contribution in [-0.4, -0.2) is 39.5 Å². The van der Waals surface area contributed by atoms with Crippen molar-refractivity contribution in [1.82, 2.24) is 14.8 Å². The number of nitrogens with one attached hydrogen (secondary N) is 1. The monoisotopic (exact) mass is 449 g/mol. The highest BCUT2D eigenvalue weighted by Gasteiger charge is 2.32. The summed E-state index contributed by atoms with van der Waals surface area (Å²) in [6.07, 6.45) is 4.74. The maximum absolute atomic E-state index is 12.5. The molecule has 1 amide bonds. The van der Waals surface area contributed by atoms with Gasteiger partial charge < -0.3 is 15.0 Å². The Balaban J connectivity index is 1.14. The van der Waals surface area contributed by atoms with E-state index < -0.39 is 0 Å². The Labute approximate surface area is 192 Å². The molecule has 1 aromatic heterocycles. The Morgan fingerprint density at radius 2 is 1.78 bits per heavy atom. The van der Waals surface area contributed by atoms with Gasteiger partial charge in [0.15, 0.2) is 5.16 Å². The molecule has 2 fully saturated rings. The van der Waals surface area contributed by atoms with Gasteiger partial charge in [-0.15, -0.1) is 10.2 Å². The van der Waals surface area contributed by atoms with Crippen molar-refractivity contribution >= 4 is 29.3 Å². The number of nitrogens with zero attached hydrogens (tertiary/aromatic N) is 4. The molecule has 2 heterocycles. The Hall–Kier alpha value is -3.00.